The number of nitrogens with one attached hydrogen (secondary N) is 1. The van der Waals surface area contributed by atoms with Crippen LogP contribution in [0.15, 0.2) is 34.4 Å². The predicted octanol–water partition coefficient (Wildman–Crippen LogP) is 5.96. The molecule has 0 aromatic carbocycles. The highest BCUT2D eigenvalue weighted by molar-refractivity contribution is 9.11. The van der Waals surface area contributed by atoms with Gasteiger partial charge in [0.2, 0.25) is 0 Å². The third-order valence-electron chi connectivity index (χ3n) is 4.92. The first kappa shape index (κ1) is 27.4. The van der Waals surface area contributed by atoms with Crippen molar-refractivity contribution in [3.8, 4) is 6.07 Å². The zero-order valence-electron chi connectivity index (χ0n) is 18.7. The van der Waals surface area contributed by atoms with Gasteiger partial charge in [-0.25, -0.2) is 8.93 Å². The number of nitrogens with zero attached hydrogens (tertiary/aromatic N) is 1. The summed E-state index contributed by atoms with van der Waals surface area (Å²) in [6.45, 7) is 19.6. The Morgan fingerprint density at radius 3 is 2.07 bits per heavy atom. The molecule has 0 rings (SSSR count). The average Bonchev–Trinajstić information content (AvgIpc) is 2.56. The molecule has 1 N–H and O–H groups in total. The highest BCUT2D eigenvalue weighted by atomic mass is 79.9. The molecule has 6 heteroatoms. The summed E-state index contributed by atoms with van der Waals surface area (Å²) >= 11 is 3.52. The maximum atomic E-state index is 13.1. The number of rotatable bonds is 9. The third-order valence-corrected chi connectivity index (χ3v) is 10.6. The molecule has 0 bridgehead atoms. The summed E-state index contributed by atoms with van der Waals surface area (Å²) in [5.74, 6) is 9.35. The first-order valence-electron chi connectivity index (χ1n) is 9.25. The molecule has 0 fully saturated rings. The van der Waals surface area contributed by atoms with E-state index in [2.05, 4.69) is 45.0 Å². The van der Waals surface area contributed by atoms with Crippen LogP contribution < -0.4 is 4.72 Å². The first-order valence-corrected chi connectivity index (χ1v) is 13.3. The quantitative estimate of drug-likeness (QED) is 0.321. The number of allylic oxidation sites excluding steroid dienone is 3. The summed E-state index contributed by atoms with van der Waals surface area (Å²) in [4.78, 5) is 0. The molecule has 3 nitrogen and oxygen atoms in total. The van der Waals surface area contributed by atoms with Gasteiger partial charge in [0.05, 0.1) is 32.1 Å². The van der Waals surface area contributed by atoms with Gasteiger partial charge in [-0.3, -0.25) is 0 Å². The van der Waals surface area contributed by atoms with Gasteiger partial charge in [0.25, 0.3) is 0 Å². The Bertz CT molecular complexity index is 822. The average molecular weight is 490 g/mol. The molecule has 160 valence electrons. The molecule has 0 saturated carbocycles. The molecule has 0 aromatic rings. The first-order chi connectivity index (χ1) is 12.5. The molecule has 0 aromatic heterocycles. The number of hydrogen-bond donors (Lipinski definition) is 1. The van der Waals surface area contributed by atoms with Gasteiger partial charge in [0.15, 0.2) is 0 Å². The lowest BCUT2D eigenvalue weighted by atomic mass is 9.91. The fourth-order valence-corrected chi connectivity index (χ4v) is 6.44. The molecule has 0 spiro atoms. The van der Waals surface area contributed by atoms with E-state index < -0.39 is 35.2 Å². The standard InChI is InChI=1S/C22H37BrN2OS2/c1-12-18(23)14-19(17(3)4)22(9,25-27(26)20(5,6)7)16-28(10,11)21(8,13-2)15-24/h12,14,25H,1,10-11,13,16H2,2-9H3. The van der Waals surface area contributed by atoms with E-state index in [0.717, 1.165) is 15.6 Å². The smallest absolute Gasteiger partial charge is 0.0978 e. The fraction of sp³-hybridized carbons (Fsp3) is 0.591. The number of hydrogen-bond acceptors (Lipinski definition) is 2. The molecular weight excluding hydrogens is 452 g/mol. The van der Waals surface area contributed by atoms with Gasteiger partial charge in [-0.15, -0.1) is 0 Å². The van der Waals surface area contributed by atoms with Crippen molar-refractivity contribution in [2.24, 2.45) is 0 Å². The molecule has 0 saturated heterocycles. The molecule has 0 amide bonds. The van der Waals surface area contributed by atoms with E-state index in [9.17, 15) is 9.47 Å². The predicted molar refractivity (Wildman–Crippen MR) is 136 cm³/mol. The summed E-state index contributed by atoms with van der Waals surface area (Å²) < 4.78 is 16.2. The Morgan fingerprint density at radius 1 is 1.25 bits per heavy atom. The monoisotopic (exact) mass is 488 g/mol. The maximum Gasteiger partial charge on any atom is 0.0978 e. The van der Waals surface area contributed by atoms with Crippen LogP contribution in [0.25, 0.3) is 0 Å². The summed E-state index contributed by atoms with van der Waals surface area (Å²) in [7, 11) is -3.16. The van der Waals surface area contributed by atoms with E-state index in [-0.39, 0.29) is 0 Å². The van der Waals surface area contributed by atoms with E-state index in [1.807, 2.05) is 61.5 Å². The zero-order chi connectivity index (χ0) is 22.6. The van der Waals surface area contributed by atoms with Crippen molar-refractivity contribution in [3.63, 3.8) is 0 Å². The lowest BCUT2D eigenvalue weighted by Crippen LogP contribution is -2.52. The molecule has 0 aliphatic carbocycles. The Morgan fingerprint density at radius 2 is 1.75 bits per heavy atom. The van der Waals surface area contributed by atoms with E-state index in [0.29, 0.717) is 12.2 Å². The molecule has 0 aliphatic heterocycles. The molecule has 3 atom stereocenters. The number of halogens is 1. The van der Waals surface area contributed by atoms with Crippen LogP contribution in [0.5, 0.6) is 0 Å². The van der Waals surface area contributed by atoms with Gasteiger partial charge in [-0.2, -0.15) is 14.5 Å². The van der Waals surface area contributed by atoms with Crippen LogP contribution in [0.4, 0.5) is 0 Å². The van der Waals surface area contributed by atoms with Gasteiger partial charge < -0.3 is 0 Å². The lowest BCUT2D eigenvalue weighted by Gasteiger charge is -2.41. The molecule has 0 aliphatic rings. The highest BCUT2D eigenvalue weighted by Gasteiger charge is 2.39. The van der Waals surface area contributed by atoms with Crippen molar-refractivity contribution < 1.29 is 4.21 Å². The van der Waals surface area contributed by atoms with Crippen molar-refractivity contribution in [2.45, 2.75) is 76.8 Å². The van der Waals surface area contributed by atoms with E-state index in [1.165, 1.54) is 0 Å². The minimum atomic E-state index is -1.85. The Hall–Kier alpha value is -0.610. The third kappa shape index (κ3) is 6.73. The van der Waals surface area contributed by atoms with Gasteiger partial charge in [0.1, 0.15) is 0 Å². The van der Waals surface area contributed by atoms with Crippen molar-refractivity contribution >= 4 is 47.9 Å². The molecular formula is C22H37BrN2OS2. The topological polar surface area (TPSA) is 52.9 Å². The van der Waals surface area contributed by atoms with Crippen molar-refractivity contribution in [2.75, 3.05) is 5.75 Å². The normalized spacial score (nSPS) is 18.4. The summed E-state index contributed by atoms with van der Waals surface area (Å²) in [5.41, 5.74) is 1.41. The van der Waals surface area contributed by atoms with Crippen LogP contribution >= 0.6 is 25.1 Å². The second-order valence-electron chi connectivity index (χ2n) is 8.85. The lowest BCUT2D eigenvalue weighted by molar-refractivity contribution is 0.544. The molecule has 0 heterocycles. The minimum absolute atomic E-state index is 0.434. The van der Waals surface area contributed by atoms with E-state index >= 15 is 0 Å². The molecule has 28 heavy (non-hydrogen) atoms. The second kappa shape index (κ2) is 9.93. The van der Waals surface area contributed by atoms with Gasteiger partial charge in [0, 0.05) is 10.2 Å². The SMILES string of the molecule is C=CC(Br)=CC(=C(C)C)C(C)(CS(=C)(=C)C(C)(C#N)CC)NS(=O)C(C)(C)C. The van der Waals surface area contributed by atoms with Crippen LogP contribution in [0.3, 0.4) is 0 Å². The van der Waals surface area contributed by atoms with Gasteiger partial charge in [-0.05, 0) is 66.5 Å². The van der Waals surface area contributed by atoms with Gasteiger partial charge in [-0.1, -0.05) is 52.8 Å². The molecule has 3 unspecified atom stereocenters. The van der Waals surface area contributed by atoms with E-state index in [1.54, 1.807) is 6.08 Å². The zero-order valence-corrected chi connectivity index (χ0v) is 22.0. The Labute approximate surface area is 184 Å². The largest absolute Gasteiger partial charge is 0.242 e. The summed E-state index contributed by atoms with van der Waals surface area (Å²) in [5, 5.41) is 9.83. The van der Waals surface area contributed by atoms with Crippen molar-refractivity contribution in [1.82, 2.24) is 4.72 Å². The van der Waals surface area contributed by atoms with Crippen molar-refractivity contribution in [3.05, 3.63) is 34.4 Å². The van der Waals surface area contributed by atoms with E-state index in [4.69, 9.17) is 0 Å². The van der Waals surface area contributed by atoms with Crippen LogP contribution in [0, 0.1) is 11.3 Å². The summed E-state index contributed by atoms with van der Waals surface area (Å²) in [6, 6.07) is 2.45. The Kier molecular flexibility index (Phi) is 9.71. The van der Waals surface area contributed by atoms with Crippen molar-refractivity contribution in [1.29, 1.82) is 5.26 Å². The van der Waals surface area contributed by atoms with Gasteiger partial charge >= 0.3 is 0 Å². The van der Waals surface area contributed by atoms with Crippen LogP contribution in [0.1, 0.15) is 61.8 Å². The maximum absolute atomic E-state index is 13.1. The fourth-order valence-electron chi connectivity index (χ4n) is 2.77. The van der Waals surface area contributed by atoms with Crippen LogP contribution in [-0.2, 0) is 11.0 Å². The van der Waals surface area contributed by atoms with Crippen LogP contribution in [-0.4, -0.2) is 36.7 Å². The minimum Gasteiger partial charge on any atom is -0.242 e. The molecule has 0 radical (unpaired) electrons. The number of nitriles is 1. The summed E-state index contributed by atoms with van der Waals surface area (Å²) in [6.07, 6.45) is 4.39. The Balaban J connectivity index is 6.68. The highest BCUT2D eigenvalue weighted by Crippen LogP contribution is 2.44. The second-order valence-corrected chi connectivity index (χ2v) is 15.0. The van der Waals surface area contributed by atoms with Crippen LogP contribution in [0.2, 0.25) is 0 Å².